The largest absolute Gasteiger partial charge is 0.463 e. The zero-order valence-corrected chi connectivity index (χ0v) is 23.8. The molecular formula is C28H37N7O6. The SMILES string of the molecule is C=CC(=O)Nc1ccc(C(=O)Nc2nn(C(=O)O)c3c2CN(C(=O)N[C@H](CN(C)C)C2CCOCC2)C3(C)C)cc1. The van der Waals surface area contributed by atoms with Gasteiger partial charge in [-0.05, 0) is 77.0 Å². The van der Waals surface area contributed by atoms with Crippen molar-refractivity contribution in [3.05, 3.63) is 53.7 Å². The molecule has 0 saturated carbocycles. The number of hydrogen-bond acceptors (Lipinski definition) is 7. The molecule has 3 heterocycles. The molecule has 220 valence electrons. The number of fused-ring (bicyclic) bond motifs is 1. The fraction of sp³-hybridized carbons (Fsp3) is 0.464. The quantitative estimate of drug-likeness (QED) is 0.355. The van der Waals surface area contributed by atoms with Crippen LogP contribution in [0.1, 0.15) is 48.3 Å². The number of urea groups is 1. The zero-order valence-electron chi connectivity index (χ0n) is 23.8. The highest BCUT2D eigenvalue weighted by atomic mass is 16.5. The molecule has 1 atom stereocenters. The molecule has 2 aliphatic rings. The van der Waals surface area contributed by atoms with E-state index in [2.05, 4.69) is 27.6 Å². The van der Waals surface area contributed by atoms with Gasteiger partial charge in [-0.3, -0.25) is 9.59 Å². The second kappa shape index (κ2) is 12.1. The molecule has 0 bridgehead atoms. The van der Waals surface area contributed by atoms with Crippen LogP contribution in [0.15, 0.2) is 36.9 Å². The van der Waals surface area contributed by atoms with Crippen LogP contribution in [0.25, 0.3) is 0 Å². The highest BCUT2D eigenvalue weighted by Crippen LogP contribution is 2.42. The topological polar surface area (TPSA) is 158 Å². The maximum absolute atomic E-state index is 13.7. The molecule has 0 spiro atoms. The predicted octanol–water partition coefficient (Wildman–Crippen LogP) is 2.90. The van der Waals surface area contributed by atoms with Crippen molar-refractivity contribution in [1.29, 1.82) is 0 Å². The van der Waals surface area contributed by atoms with Crippen LogP contribution in [0.5, 0.6) is 0 Å². The first-order chi connectivity index (χ1) is 19.4. The van der Waals surface area contributed by atoms with Crippen molar-refractivity contribution in [2.24, 2.45) is 5.92 Å². The summed E-state index contributed by atoms with van der Waals surface area (Å²) < 4.78 is 6.33. The van der Waals surface area contributed by atoms with Crippen molar-refractivity contribution in [3.8, 4) is 0 Å². The van der Waals surface area contributed by atoms with Crippen molar-refractivity contribution in [1.82, 2.24) is 24.9 Å². The van der Waals surface area contributed by atoms with Gasteiger partial charge in [0.25, 0.3) is 5.91 Å². The van der Waals surface area contributed by atoms with Crippen LogP contribution >= 0.6 is 0 Å². The average Bonchev–Trinajstić information content (AvgIpc) is 3.43. The Hall–Kier alpha value is -4.23. The van der Waals surface area contributed by atoms with Gasteiger partial charge in [-0.2, -0.15) is 4.68 Å². The van der Waals surface area contributed by atoms with Crippen LogP contribution in [0, 0.1) is 5.92 Å². The zero-order chi connectivity index (χ0) is 29.9. The first kappa shape index (κ1) is 29.7. The van der Waals surface area contributed by atoms with Crippen molar-refractivity contribution in [3.63, 3.8) is 0 Å². The Morgan fingerprint density at radius 2 is 1.83 bits per heavy atom. The molecule has 0 aliphatic carbocycles. The highest BCUT2D eigenvalue weighted by molar-refractivity contribution is 6.05. The molecule has 2 aromatic rings. The summed E-state index contributed by atoms with van der Waals surface area (Å²) in [6.07, 6.45) is 1.49. The maximum Gasteiger partial charge on any atom is 0.432 e. The van der Waals surface area contributed by atoms with Crippen LogP contribution in [0.4, 0.5) is 21.1 Å². The molecule has 4 N–H and O–H groups in total. The molecular weight excluding hydrogens is 530 g/mol. The fourth-order valence-corrected chi connectivity index (χ4v) is 5.42. The summed E-state index contributed by atoms with van der Waals surface area (Å²) in [5.41, 5.74) is 0.491. The van der Waals surface area contributed by atoms with E-state index in [4.69, 9.17) is 4.74 Å². The lowest BCUT2D eigenvalue weighted by atomic mass is 9.91. The number of carbonyl (C=O) groups is 4. The lowest BCUT2D eigenvalue weighted by molar-refractivity contribution is -0.111. The minimum Gasteiger partial charge on any atom is -0.463 e. The summed E-state index contributed by atoms with van der Waals surface area (Å²) in [6.45, 7) is 8.93. The van der Waals surface area contributed by atoms with E-state index in [1.54, 1.807) is 30.9 Å². The summed E-state index contributed by atoms with van der Waals surface area (Å²) in [6, 6.07) is 5.73. The summed E-state index contributed by atoms with van der Waals surface area (Å²) in [5, 5.41) is 22.6. The Bertz CT molecular complexity index is 1330. The van der Waals surface area contributed by atoms with Gasteiger partial charge < -0.3 is 35.6 Å². The first-order valence-corrected chi connectivity index (χ1v) is 13.4. The van der Waals surface area contributed by atoms with Crippen LogP contribution < -0.4 is 16.0 Å². The number of carboxylic acid groups (broad SMARTS) is 1. The van der Waals surface area contributed by atoms with Crippen LogP contribution in [0.2, 0.25) is 0 Å². The smallest absolute Gasteiger partial charge is 0.432 e. The van der Waals surface area contributed by atoms with Crippen LogP contribution in [-0.4, -0.2) is 88.5 Å². The number of amides is 4. The normalized spacial score (nSPS) is 17.0. The van der Waals surface area contributed by atoms with Crippen molar-refractivity contribution < 1.29 is 29.0 Å². The molecule has 0 unspecified atom stereocenters. The fourth-order valence-electron chi connectivity index (χ4n) is 5.42. The lowest BCUT2D eigenvalue weighted by Gasteiger charge is -2.37. The number of hydrogen-bond donors (Lipinski definition) is 4. The third-order valence-electron chi connectivity index (χ3n) is 7.52. The maximum atomic E-state index is 13.7. The molecule has 1 saturated heterocycles. The van der Waals surface area contributed by atoms with Gasteiger partial charge in [-0.15, -0.1) is 5.10 Å². The van der Waals surface area contributed by atoms with Gasteiger partial charge in [0, 0.05) is 42.6 Å². The van der Waals surface area contributed by atoms with Crippen molar-refractivity contribution in [2.45, 2.75) is 44.8 Å². The van der Waals surface area contributed by atoms with Gasteiger partial charge in [0.1, 0.15) is 0 Å². The summed E-state index contributed by atoms with van der Waals surface area (Å²) in [4.78, 5) is 54.0. The number of likely N-dealkylation sites (N-methyl/N-ethyl adjacent to an activating group) is 1. The standard InChI is InChI=1S/C28H37N7O6/c1-6-22(36)29-19-9-7-18(8-10-19)25(37)31-24-20-15-34(28(2,3)23(20)35(32-24)27(39)40)26(38)30-21(16-33(4)5)17-11-13-41-14-12-17/h6-10,17,21H,1,11-16H2,2-5H3,(H,29,36)(H,30,38)(H,39,40)(H,31,32,37)/t21-/m1/s1. The first-order valence-electron chi connectivity index (χ1n) is 13.4. The predicted molar refractivity (Wildman–Crippen MR) is 152 cm³/mol. The number of aromatic nitrogens is 2. The van der Waals surface area contributed by atoms with Crippen molar-refractivity contribution in [2.75, 3.05) is 44.5 Å². The Labute approximate surface area is 238 Å². The van der Waals surface area contributed by atoms with E-state index in [0.717, 1.165) is 23.6 Å². The minimum atomic E-state index is -1.33. The molecule has 13 heteroatoms. The average molecular weight is 568 g/mol. The summed E-state index contributed by atoms with van der Waals surface area (Å²) in [5.74, 6) is -0.581. The molecule has 13 nitrogen and oxygen atoms in total. The van der Waals surface area contributed by atoms with Crippen LogP contribution in [0.3, 0.4) is 0 Å². The second-order valence-corrected chi connectivity index (χ2v) is 11.0. The molecule has 4 rings (SSSR count). The minimum absolute atomic E-state index is 0.0616. The molecule has 2 aliphatic heterocycles. The molecule has 1 aromatic heterocycles. The van der Waals surface area contributed by atoms with Gasteiger partial charge in [0.2, 0.25) is 5.91 Å². The van der Waals surface area contributed by atoms with Gasteiger partial charge in [0.05, 0.1) is 17.8 Å². The van der Waals surface area contributed by atoms with Gasteiger partial charge >= 0.3 is 12.1 Å². The number of anilines is 2. The second-order valence-electron chi connectivity index (χ2n) is 11.0. The van der Waals surface area contributed by atoms with Gasteiger partial charge in [0.15, 0.2) is 5.82 Å². The van der Waals surface area contributed by atoms with E-state index in [1.165, 1.54) is 12.1 Å². The van der Waals surface area contributed by atoms with E-state index in [-0.39, 0.29) is 41.8 Å². The molecule has 0 radical (unpaired) electrons. The van der Waals surface area contributed by atoms with E-state index < -0.39 is 17.5 Å². The number of carbonyl (C=O) groups excluding carboxylic acids is 3. The third-order valence-corrected chi connectivity index (χ3v) is 7.52. The molecule has 41 heavy (non-hydrogen) atoms. The van der Waals surface area contributed by atoms with E-state index in [0.29, 0.717) is 36.7 Å². The Balaban J connectivity index is 1.56. The van der Waals surface area contributed by atoms with Crippen LogP contribution in [-0.2, 0) is 21.6 Å². The molecule has 1 aromatic carbocycles. The van der Waals surface area contributed by atoms with Gasteiger partial charge in [-0.1, -0.05) is 6.58 Å². The highest BCUT2D eigenvalue weighted by Gasteiger charge is 2.47. The van der Waals surface area contributed by atoms with E-state index >= 15 is 0 Å². The number of nitrogens with zero attached hydrogens (tertiary/aromatic N) is 4. The van der Waals surface area contributed by atoms with Crippen molar-refractivity contribution >= 4 is 35.4 Å². The number of rotatable bonds is 8. The number of benzene rings is 1. The van der Waals surface area contributed by atoms with E-state index in [9.17, 15) is 24.3 Å². The number of nitrogens with one attached hydrogen (secondary N) is 3. The third kappa shape index (κ3) is 6.41. The molecule has 4 amide bonds. The molecule has 1 fully saturated rings. The Morgan fingerprint density at radius 3 is 2.41 bits per heavy atom. The lowest BCUT2D eigenvalue weighted by Crippen LogP contribution is -2.54. The Kier molecular flexibility index (Phi) is 8.78. The monoisotopic (exact) mass is 567 g/mol. The summed E-state index contributed by atoms with van der Waals surface area (Å²) in [7, 11) is 3.91. The van der Waals surface area contributed by atoms with E-state index in [1.807, 2.05) is 19.0 Å². The number of ether oxygens (including phenoxy) is 1. The summed E-state index contributed by atoms with van der Waals surface area (Å²) >= 11 is 0. The van der Waals surface area contributed by atoms with Gasteiger partial charge in [-0.25, -0.2) is 9.59 Å². The Morgan fingerprint density at radius 1 is 1.17 bits per heavy atom.